The molecule has 15 heavy (non-hydrogen) atoms. The van der Waals surface area contributed by atoms with Crippen LogP contribution in [-0.2, 0) is 13.6 Å². The van der Waals surface area contributed by atoms with Crippen molar-refractivity contribution in [3.05, 3.63) is 30.9 Å². The minimum Gasteiger partial charge on any atom is -0.330 e. The molecule has 7 nitrogen and oxygen atoms in total. The number of carbonyl (C=O) groups is 1. The van der Waals surface area contributed by atoms with Crippen LogP contribution in [0.25, 0.3) is 0 Å². The summed E-state index contributed by atoms with van der Waals surface area (Å²) in [5, 5.41) is 6.69. The largest absolute Gasteiger partial charge is 0.330 e. The summed E-state index contributed by atoms with van der Waals surface area (Å²) in [6.45, 7) is 0.303. The van der Waals surface area contributed by atoms with Crippen LogP contribution in [0, 0.1) is 0 Å². The Morgan fingerprint density at radius 2 is 2.40 bits per heavy atom. The molecule has 0 radical (unpaired) electrons. The summed E-state index contributed by atoms with van der Waals surface area (Å²) in [7, 11) is 1.77. The molecule has 7 heteroatoms. The molecule has 0 aliphatic rings. The zero-order chi connectivity index (χ0) is 10.7. The van der Waals surface area contributed by atoms with E-state index in [9.17, 15) is 4.79 Å². The maximum absolute atomic E-state index is 11.4. The van der Waals surface area contributed by atoms with E-state index in [4.69, 9.17) is 0 Å². The van der Waals surface area contributed by atoms with Crippen LogP contribution in [0.15, 0.2) is 25.0 Å². The van der Waals surface area contributed by atoms with E-state index in [1.807, 2.05) is 0 Å². The third-order valence-electron chi connectivity index (χ3n) is 1.78. The van der Waals surface area contributed by atoms with Crippen molar-refractivity contribution in [2.75, 3.05) is 0 Å². The van der Waals surface area contributed by atoms with Gasteiger partial charge in [-0.15, -0.1) is 0 Å². The summed E-state index contributed by atoms with van der Waals surface area (Å²) in [4.78, 5) is 19.2. The Labute approximate surface area is 85.8 Å². The maximum Gasteiger partial charge on any atom is 0.327 e. The molecule has 0 saturated heterocycles. The van der Waals surface area contributed by atoms with Crippen LogP contribution in [0.1, 0.15) is 5.82 Å². The van der Waals surface area contributed by atoms with Crippen molar-refractivity contribution in [2.45, 2.75) is 6.54 Å². The number of nitrogens with one attached hydrogen (secondary N) is 1. The van der Waals surface area contributed by atoms with Crippen LogP contribution < -0.4 is 5.32 Å². The minimum absolute atomic E-state index is 0.250. The molecule has 1 N–H and O–H groups in total. The van der Waals surface area contributed by atoms with E-state index < -0.39 is 0 Å². The van der Waals surface area contributed by atoms with E-state index in [-0.39, 0.29) is 6.03 Å². The minimum atomic E-state index is -0.250. The van der Waals surface area contributed by atoms with Crippen LogP contribution in [-0.4, -0.2) is 30.3 Å². The number of hydrogen-bond donors (Lipinski definition) is 1. The molecule has 0 unspecified atom stereocenters. The number of carbonyl (C=O) groups excluding carboxylic acids is 1. The fourth-order valence-electron chi connectivity index (χ4n) is 1.09. The van der Waals surface area contributed by atoms with Crippen LogP contribution >= 0.6 is 0 Å². The van der Waals surface area contributed by atoms with Crippen LogP contribution in [0.3, 0.4) is 0 Å². The van der Waals surface area contributed by atoms with Gasteiger partial charge in [0, 0.05) is 19.4 Å². The molecular formula is C8H10N6O. The Morgan fingerprint density at radius 1 is 1.53 bits per heavy atom. The number of amides is 1. The number of aryl methyl sites for hydroxylation is 1. The second-order valence-corrected chi connectivity index (χ2v) is 2.96. The maximum atomic E-state index is 11.4. The highest BCUT2D eigenvalue weighted by molar-refractivity contribution is 5.76. The second kappa shape index (κ2) is 3.91. The Hall–Kier alpha value is -2.18. The van der Waals surface area contributed by atoms with Crippen LogP contribution in [0.2, 0.25) is 0 Å². The van der Waals surface area contributed by atoms with E-state index in [1.54, 1.807) is 30.5 Å². The Balaban J connectivity index is 1.91. The van der Waals surface area contributed by atoms with Gasteiger partial charge in [-0.2, -0.15) is 5.10 Å². The molecule has 2 aromatic rings. The molecular weight excluding hydrogens is 196 g/mol. The van der Waals surface area contributed by atoms with Gasteiger partial charge in [-0.25, -0.2) is 14.8 Å². The van der Waals surface area contributed by atoms with Crippen molar-refractivity contribution < 1.29 is 4.79 Å². The van der Waals surface area contributed by atoms with Crippen LogP contribution in [0.5, 0.6) is 0 Å². The molecule has 2 rings (SSSR count). The quantitative estimate of drug-likeness (QED) is 0.736. The molecule has 0 aromatic carbocycles. The van der Waals surface area contributed by atoms with E-state index in [0.29, 0.717) is 12.4 Å². The SMILES string of the molecule is Cn1cnc(CNC(=O)n2ccnc2)n1. The van der Waals surface area contributed by atoms with Crippen molar-refractivity contribution in [1.82, 2.24) is 29.6 Å². The molecule has 0 atom stereocenters. The van der Waals surface area contributed by atoms with Gasteiger partial charge in [0.25, 0.3) is 0 Å². The van der Waals surface area contributed by atoms with Gasteiger partial charge in [0.05, 0.1) is 6.54 Å². The summed E-state index contributed by atoms with van der Waals surface area (Å²) >= 11 is 0. The van der Waals surface area contributed by atoms with Crippen molar-refractivity contribution in [3.8, 4) is 0 Å². The molecule has 78 valence electrons. The molecule has 0 spiro atoms. The lowest BCUT2D eigenvalue weighted by molar-refractivity contribution is 0.241. The Kier molecular flexibility index (Phi) is 2.44. The van der Waals surface area contributed by atoms with Crippen molar-refractivity contribution in [3.63, 3.8) is 0 Å². The first-order valence-corrected chi connectivity index (χ1v) is 4.36. The van der Waals surface area contributed by atoms with Gasteiger partial charge in [0.15, 0.2) is 5.82 Å². The summed E-state index contributed by atoms with van der Waals surface area (Å²) in [5.74, 6) is 0.575. The second-order valence-electron chi connectivity index (χ2n) is 2.96. The number of hydrogen-bond acceptors (Lipinski definition) is 4. The molecule has 0 aliphatic heterocycles. The number of nitrogens with zero attached hydrogens (tertiary/aromatic N) is 5. The fourth-order valence-corrected chi connectivity index (χ4v) is 1.09. The predicted octanol–water partition coefficient (Wildman–Crippen LogP) is -0.231. The lowest BCUT2D eigenvalue weighted by Crippen LogP contribution is -2.27. The first-order chi connectivity index (χ1) is 7.25. The number of imidazole rings is 1. The molecule has 0 bridgehead atoms. The fraction of sp³-hybridized carbons (Fsp3) is 0.250. The topological polar surface area (TPSA) is 77.6 Å². The van der Waals surface area contributed by atoms with Gasteiger partial charge in [-0.1, -0.05) is 0 Å². The molecule has 2 heterocycles. The number of aromatic nitrogens is 5. The highest BCUT2D eigenvalue weighted by atomic mass is 16.2. The standard InChI is InChI=1S/C8H10N6O/c1-13-6-11-7(12-13)4-10-8(15)14-3-2-9-5-14/h2-3,5-6H,4H2,1H3,(H,10,15). The lowest BCUT2D eigenvalue weighted by Gasteiger charge is -2.01. The van der Waals surface area contributed by atoms with Crippen molar-refractivity contribution in [1.29, 1.82) is 0 Å². The van der Waals surface area contributed by atoms with Gasteiger partial charge < -0.3 is 5.32 Å². The van der Waals surface area contributed by atoms with Gasteiger partial charge in [-0.05, 0) is 0 Å². The monoisotopic (exact) mass is 206 g/mol. The molecule has 0 saturated carbocycles. The first kappa shape index (κ1) is 9.38. The van der Waals surface area contributed by atoms with Gasteiger partial charge >= 0.3 is 6.03 Å². The summed E-state index contributed by atoms with van der Waals surface area (Å²) in [6, 6.07) is -0.250. The smallest absolute Gasteiger partial charge is 0.327 e. The van der Waals surface area contributed by atoms with Gasteiger partial charge in [-0.3, -0.25) is 9.25 Å². The normalized spacial score (nSPS) is 10.2. The Morgan fingerprint density at radius 3 is 3.00 bits per heavy atom. The highest BCUT2D eigenvalue weighted by Crippen LogP contribution is 1.89. The highest BCUT2D eigenvalue weighted by Gasteiger charge is 2.04. The predicted molar refractivity (Wildman–Crippen MR) is 50.9 cm³/mol. The first-order valence-electron chi connectivity index (χ1n) is 4.36. The molecule has 2 aromatic heterocycles. The zero-order valence-electron chi connectivity index (χ0n) is 8.16. The third kappa shape index (κ3) is 2.19. The van der Waals surface area contributed by atoms with E-state index in [0.717, 1.165) is 0 Å². The van der Waals surface area contributed by atoms with E-state index in [1.165, 1.54) is 10.9 Å². The third-order valence-corrected chi connectivity index (χ3v) is 1.78. The summed E-state index contributed by atoms with van der Waals surface area (Å²) in [6.07, 6.45) is 6.12. The number of rotatable bonds is 2. The van der Waals surface area contributed by atoms with Crippen molar-refractivity contribution >= 4 is 6.03 Å². The lowest BCUT2D eigenvalue weighted by atomic mass is 10.6. The molecule has 1 amide bonds. The van der Waals surface area contributed by atoms with E-state index >= 15 is 0 Å². The van der Waals surface area contributed by atoms with Gasteiger partial charge in [0.2, 0.25) is 0 Å². The molecule has 0 aliphatic carbocycles. The van der Waals surface area contributed by atoms with Gasteiger partial charge in [0.1, 0.15) is 12.7 Å². The van der Waals surface area contributed by atoms with E-state index in [2.05, 4.69) is 20.4 Å². The summed E-state index contributed by atoms with van der Waals surface area (Å²) < 4.78 is 2.93. The summed E-state index contributed by atoms with van der Waals surface area (Å²) in [5.41, 5.74) is 0. The average Bonchev–Trinajstić information content (AvgIpc) is 2.84. The Bertz CT molecular complexity index is 445. The average molecular weight is 206 g/mol. The van der Waals surface area contributed by atoms with Crippen LogP contribution in [0.4, 0.5) is 4.79 Å². The van der Waals surface area contributed by atoms with Crippen molar-refractivity contribution in [2.24, 2.45) is 7.05 Å². The molecule has 0 fully saturated rings. The zero-order valence-corrected chi connectivity index (χ0v) is 8.16.